The van der Waals surface area contributed by atoms with Gasteiger partial charge in [-0.3, -0.25) is 9.59 Å². The molecule has 1 aromatic carbocycles. The van der Waals surface area contributed by atoms with Gasteiger partial charge in [0.1, 0.15) is 11.6 Å². The maximum atomic E-state index is 11.6. The van der Waals surface area contributed by atoms with E-state index in [1.54, 1.807) is 18.0 Å². The van der Waals surface area contributed by atoms with Crippen LogP contribution in [0, 0.1) is 5.41 Å². The Kier molecular flexibility index (Phi) is 7.87. The molecular weight excluding hydrogens is 394 g/mol. The topological polar surface area (TPSA) is 91.8 Å². The van der Waals surface area contributed by atoms with Crippen molar-refractivity contribution in [1.29, 1.82) is 0 Å². The van der Waals surface area contributed by atoms with Crippen LogP contribution in [0.15, 0.2) is 48.7 Å². The number of rotatable bonds is 10. The van der Waals surface area contributed by atoms with E-state index in [0.29, 0.717) is 39.0 Å². The predicted octanol–water partition coefficient (Wildman–Crippen LogP) is 3.61. The zero-order chi connectivity index (χ0) is 22.1. The molecule has 0 radical (unpaired) electrons. The van der Waals surface area contributed by atoms with Gasteiger partial charge in [-0.25, -0.2) is 4.98 Å². The van der Waals surface area contributed by atoms with E-state index in [2.05, 4.69) is 10.3 Å². The van der Waals surface area contributed by atoms with Crippen molar-refractivity contribution < 1.29 is 19.4 Å². The Balaban J connectivity index is 1.47. The number of hydrogen-bond acceptors (Lipinski definition) is 5. The number of ether oxygens (including phenoxy) is 1. The van der Waals surface area contributed by atoms with Crippen molar-refractivity contribution in [3.63, 3.8) is 0 Å². The molecule has 1 fully saturated rings. The molecule has 7 nitrogen and oxygen atoms in total. The minimum atomic E-state index is -0.782. The summed E-state index contributed by atoms with van der Waals surface area (Å²) in [7, 11) is 0. The number of nitrogens with one attached hydrogen (secondary N) is 1. The summed E-state index contributed by atoms with van der Waals surface area (Å²) in [6, 6.07) is 13.7. The quantitative estimate of drug-likeness (QED) is 0.565. The average Bonchev–Trinajstić information content (AvgIpc) is 2.75. The number of likely N-dealkylation sites (tertiary alicyclic amines) is 1. The summed E-state index contributed by atoms with van der Waals surface area (Å²) in [5.74, 6) is 0.938. The monoisotopic (exact) mass is 425 g/mol. The van der Waals surface area contributed by atoms with Crippen LogP contribution in [0.5, 0.6) is 5.75 Å². The summed E-state index contributed by atoms with van der Waals surface area (Å²) in [5.41, 5.74) is 0.791. The number of benzene rings is 1. The third-order valence-corrected chi connectivity index (χ3v) is 5.86. The number of piperidine rings is 1. The van der Waals surface area contributed by atoms with Gasteiger partial charge in [-0.2, -0.15) is 0 Å². The zero-order valence-corrected chi connectivity index (χ0v) is 18.0. The molecule has 0 unspecified atom stereocenters. The van der Waals surface area contributed by atoms with E-state index in [4.69, 9.17) is 4.74 Å². The van der Waals surface area contributed by atoms with Crippen molar-refractivity contribution in [3.8, 4) is 5.75 Å². The highest BCUT2D eigenvalue weighted by molar-refractivity contribution is 5.73. The summed E-state index contributed by atoms with van der Waals surface area (Å²) < 4.78 is 5.82. The Hall–Kier alpha value is -3.09. The molecule has 0 saturated carbocycles. The molecule has 166 valence electrons. The summed E-state index contributed by atoms with van der Waals surface area (Å²) >= 11 is 0. The van der Waals surface area contributed by atoms with Crippen molar-refractivity contribution in [2.24, 2.45) is 5.41 Å². The van der Waals surface area contributed by atoms with Crippen LogP contribution in [0.1, 0.15) is 38.2 Å². The van der Waals surface area contributed by atoms with E-state index in [-0.39, 0.29) is 17.7 Å². The van der Waals surface area contributed by atoms with Crippen LogP contribution in [-0.2, 0) is 16.0 Å². The smallest absolute Gasteiger partial charge is 0.303 e. The summed E-state index contributed by atoms with van der Waals surface area (Å²) in [6.07, 6.45) is 4.85. The Labute approximate surface area is 183 Å². The number of aliphatic carboxylic acids is 1. The fourth-order valence-electron chi connectivity index (χ4n) is 4.12. The molecular formula is C24H31N3O4. The molecule has 2 N–H and O–H groups in total. The second-order valence-corrected chi connectivity index (χ2v) is 8.24. The second kappa shape index (κ2) is 10.8. The first-order chi connectivity index (χ1) is 15.0. The number of carboxylic acids is 1. The zero-order valence-electron chi connectivity index (χ0n) is 18.0. The molecule has 1 aliphatic rings. The van der Waals surface area contributed by atoms with Crippen LogP contribution < -0.4 is 10.1 Å². The van der Waals surface area contributed by atoms with Crippen LogP contribution in [0.4, 0.5) is 5.82 Å². The molecule has 1 aliphatic heterocycles. The maximum absolute atomic E-state index is 11.6. The third-order valence-electron chi connectivity index (χ3n) is 5.86. The largest absolute Gasteiger partial charge is 0.494 e. The van der Waals surface area contributed by atoms with Crippen molar-refractivity contribution >= 4 is 17.7 Å². The van der Waals surface area contributed by atoms with Crippen molar-refractivity contribution in [3.05, 3.63) is 54.2 Å². The summed E-state index contributed by atoms with van der Waals surface area (Å²) in [6.45, 7) is 4.19. The SMILES string of the molecule is CC(=O)N1CCC(CC(=O)O)(Cc2ccc(OCCCNc3ccccn3)cc2)CC1. The van der Waals surface area contributed by atoms with Gasteiger partial charge in [-0.15, -0.1) is 0 Å². The number of pyridine rings is 1. The molecule has 1 amide bonds. The molecule has 31 heavy (non-hydrogen) atoms. The van der Waals surface area contributed by atoms with Crippen LogP contribution >= 0.6 is 0 Å². The van der Waals surface area contributed by atoms with E-state index in [1.807, 2.05) is 42.5 Å². The van der Waals surface area contributed by atoms with E-state index in [0.717, 1.165) is 30.1 Å². The molecule has 0 bridgehead atoms. The Morgan fingerprint density at radius 1 is 1.16 bits per heavy atom. The van der Waals surface area contributed by atoms with Crippen LogP contribution in [-0.4, -0.2) is 53.1 Å². The Morgan fingerprint density at radius 2 is 1.90 bits per heavy atom. The maximum Gasteiger partial charge on any atom is 0.303 e. The fraction of sp³-hybridized carbons (Fsp3) is 0.458. The van der Waals surface area contributed by atoms with Crippen LogP contribution in [0.25, 0.3) is 0 Å². The van der Waals surface area contributed by atoms with Gasteiger partial charge in [0.2, 0.25) is 5.91 Å². The Morgan fingerprint density at radius 3 is 2.52 bits per heavy atom. The second-order valence-electron chi connectivity index (χ2n) is 8.24. The highest BCUT2D eigenvalue weighted by Gasteiger charge is 2.37. The third kappa shape index (κ3) is 6.98. The van der Waals surface area contributed by atoms with Gasteiger partial charge in [-0.1, -0.05) is 18.2 Å². The van der Waals surface area contributed by atoms with Crippen LogP contribution in [0.3, 0.4) is 0 Å². The minimum Gasteiger partial charge on any atom is -0.494 e. The van der Waals surface area contributed by atoms with E-state index >= 15 is 0 Å². The fourth-order valence-corrected chi connectivity index (χ4v) is 4.12. The minimum absolute atomic E-state index is 0.0562. The highest BCUT2D eigenvalue weighted by atomic mass is 16.5. The number of carboxylic acid groups (broad SMARTS) is 1. The lowest BCUT2D eigenvalue weighted by Crippen LogP contribution is -2.44. The van der Waals surface area contributed by atoms with E-state index < -0.39 is 5.97 Å². The lowest BCUT2D eigenvalue weighted by Gasteiger charge is -2.41. The number of anilines is 1. The highest BCUT2D eigenvalue weighted by Crippen LogP contribution is 2.38. The molecule has 3 rings (SSSR count). The molecule has 1 aromatic heterocycles. The lowest BCUT2D eigenvalue weighted by atomic mass is 9.71. The van der Waals surface area contributed by atoms with Gasteiger partial charge in [0.05, 0.1) is 13.0 Å². The first-order valence-electron chi connectivity index (χ1n) is 10.8. The Bertz CT molecular complexity index is 847. The number of nitrogens with zero attached hydrogens (tertiary/aromatic N) is 2. The van der Waals surface area contributed by atoms with Gasteiger partial charge in [0.15, 0.2) is 0 Å². The lowest BCUT2D eigenvalue weighted by molar-refractivity contribution is -0.141. The summed E-state index contributed by atoms with van der Waals surface area (Å²) in [5, 5.41) is 12.7. The molecule has 7 heteroatoms. The molecule has 2 heterocycles. The molecule has 0 spiro atoms. The first-order valence-corrected chi connectivity index (χ1v) is 10.8. The number of carbonyl (C=O) groups excluding carboxylic acids is 1. The van der Waals surface area contributed by atoms with Gasteiger partial charge in [-0.05, 0) is 60.9 Å². The predicted molar refractivity (Wildman–Crippen MR) is 119 cm³/mol. The van der Waals surface area contributed by atoms with Crippen molar-refractivity contribution in [1.82, 2.24) is 9.88 Å². The number of hydrogen-bond donors (Lipinski definition) is 2. The molecule has 2 aromatic rings. The van der Waals surface area contributed by atoms with E-state index in [9.17, 15) is 14.7 Å². The molecule has 0 atom stereocenters. The standard InChI is InChI=1S/C24H31N3O4/c1-19(28)27-14-10-24(11-15-27,18-23(29)30)17-20-6-8-21(9-7-20)31-16-4-13-26-22-5-2-3-12-25-22/h2-3,5-9,12H,4,10-11,13-18H2,1H3,(H,25,26)(H,29,30). The van der Waals surface area contributed by atoms with Crippen molar-refractivity contribution in [2.45, 2.75) is 39.0 Å². The number of amides is 1. The molecule has 1 saturated heterocycles. The van der Waals surface area contributed by atoms with Gasteiger partial charge in [0, 0.05) is 32.8 Å². The first kappa shape index (κ1) is 22.6. The summed E-state index contributed by atoms with van der Waals surface area (Å²) in [4.78, 5) is 29.1. The number of carbonyl (C=O) groups is 2. The van der Waals surface area contributed by atoms with Gasteiger partial charge < -0.3 is 20.1 Å². The van der Waals surface area contributed by atoms with Crippen molar-refractivity contribution in [2.75, 3.05) is 31.6 Å². The number of aromatic nitrogens is 1. The van der Waals surface area contributed by atoms with Gasteiger partial charge >= 0.3 is 5.97 Å². The normalized spacial score (nSPS) is 15.3. The van der Waals surface area contributed by atoms with Crippen LogP contribution in [0.2, 0.25) is 0 Å². The molecule has 0 aliphatic carbocycles. The van der Waals surface area contributed by atoms with Gasteiger partial charge in [0.25, 0.3) is 0 Å². The average molecular weight is 426 g/mol. The van der Waals surface area contributed by atoms with E-state index in [1.165, 1.54) is 0 Å².